The first kappa shape index (κ1) is 6.54. The van der Waals surface area contributed by atoms with E-state index < -0.39 is 6.08 Å². The van der Waals surface area contributed by atoms with Gasteiger partial charge in [0.05, 0.1) is 0 Å². The molecule has 0 saturated heterocycles. The molecule has 5 heteroatoms. The molecule has 0 radical (unpaired) electrons. The second kappa shape index (κ2) is 2.17. The van der Waals surface area contributed by atoms with Gasteiger partial charge in [-0.2, -0.15) is 9.37 Å². The van der Waals surface area contributed by atoms with Gasteiger partial charge >= 0.3 is 6.08 Å². The summed E-state index contributed by atoms with van der Waals surface area (Å²) in [6, 6.07) is 3.43. The van der Waals surface area contributed by atoms with Crippen LogP contribution in [-0.2, 0) is 0 Å². The van der Waals surface area contributed by atoms with Gasteiger partial charge in [-0.05, 0) is 12.1 Å². The molecule has 2 rings (SSSR count). The molecule has 0 fully saturated rings. The van der Waals surface area contributed by atoms with E-state index >= 15 is 0 Å². The summed E-state index contributed by atoms with van der Waals surface area (Å²) in [5, 5.41) is 3.58. The average Bonchev–Trinajstić information content (AvgIpc) is 2.34. The van der Waals surface area contributed by atoms with E-state index in [9.17, 15) is 4.39 Å². The lowest BCUT2D eigenvalue weighted by atomic mass is 10.5. The molecule has 2 heterocycles. The lowest BCUT2D eigenvalue weighted by molar-refractivity contribution is 0.512. The van der Waals surface area contributed by atoms with E-state index in [1.807, 2.05) is 0 Å². The Bertz CT molecular complexity index is 398. The number of nitrogens with zero attached hydrogens (tertiary/aromatic N) is 3. The second-order valence-corrected chi connectivity index (χ2v) is 2.37. The summed E-state index contributed by atoms with van der Waals surface area (Å²) >= 11 is 5.59. The van der Waals surface area contributed by atoms with E-state index in [0.29, 0.717) is 5.52 Å². The third-order valence-electron chi connectivity index (χ3n) is 1.32. The lowest BCUT2D eigenvalue weighted by Crippen LogP contribution is -1.97. The zero-order valence-corrected chi connectivity index (χ0v) is 6.09. The van der Waals surface area contributed by atoms with Gasteiger partial charge in [-0.25, -0.2) is 4.52 Å². The Balaban J connectivity index is 2.91. The lowest BCUT2D eigenvalue weighted by Gasteiger charge is -1.94. The number of aromatic nitrogens is 3. The fourth-order valence-corrected chi connectivity index (χ4v) is 1.09. The second-order valence-electron chi connectivity index (χ2n) is 2.01. The Labute approximate surface area is 66.4 Å². The van der Waals surface area contributed by atoms with Gasteiger partial charge in [0.1, 0.15) is 5.52 Å². The summed E-state index contributed by atoms with van der Waals surface area (Å²) in [4.78, 5) is 3.34. The van der Waals surface area contributed by atoms with Gasteiger partial charge < -0.3 is 0 Å². The Morgan fingerprint density at radius 2 is 2.36 bits per heavy atom. The standard InChI is InChI=1S/C6H3ClFN3/c7-5-4-2-1-3-11(4)10-6(8)9-5/h1-3H. The van der Waals surface area contributed by atoms with Gasteiger partial charge in [0.25, 0.3) is 0 Å². The van der Waals surface area contributed by atoms with Crippen LogP contribution in [0.4, 0.5) is 4.39 Å². The van der Waals surface area contributed by atoms with Crippen LogP contribution >= 0.6 is 11.6 Å². The van der Waals surface area contributed by atoms with Crippen LogP contribution in [0.2, 0.25) is 5.15 Å². The fraction of sp³-hybridized carbons (Fsp3) is 0. The van der Waals surface area contributed by atoms with Crippen LogP contribution in [0, 0.1) is 6.08 Å². The third kappa shape index (κ3) is 0.952. The van der Waals surface area contributed by atoms with E-state index in [0.717, 1.165) is 0 Å². The molecule has 0 aliphatic heterocycles. The molecule has 0 atom stereocenters. The van der Waals surface area contributed by atoms with Gasteiger partial charge in [0, 0.05) is 6.20 Å². The van der Waals surface area contributed by atoms with Crippen molar-refractivity contribution in [3.63, 3.8) is 0 Å². The molecule has 0 spiro atoms. The zero-order valence-electron chi connectivity index (χ0n) is 5.33. The smallest absolute Gasteiger partial charge is 0.234 e. The van der Waals surface area contributed by atoms with Crippen molar-refractivity contribution in [3.8, 4) is 0 Å². The van der Waals surface area contributed by atoms with Crippen LogP contribution in [0.3, 0.4) is 0 Å². The quantitative estimate of drug-likeness (QED) is 0.602. The predicted octanol–water partition coefficient (Wildman–Crippen LogP) is 1.52. The number of fused-ring (bicyclic) bond motifs is 1. The SMILES string of the molecule is Fc1nc(Cl)c2cccn2n1. The maximum absolute atomic E-state index is 12.4. The molecule has 56 valence electrons. The normalized spacial score (nSPS) is 10.7. The highest BCUT2D eigenvalue weighted by Crippen LogP contribution is 2.12. The molecule has 0 aromatic carbocycles. The van der Waals surface area contributed by atoms with E-state index in [-0.39, 0.29) is 5.15 Å². The molecule has 0 aliphatic rings. The summed E-state index contributed by atoms with van der Waals surface area (Å²) in [6.45, 7) is 0. The maximum Gasteiger partial charge on any atom is 0.327 e. The highest BCUT2D eigenvalue weighted by Gasteiger charge is 2.02. The Kier molecular flexibility index (Phi) is 1.29. The van der Waals surface area contributed by atoms with Crippen molar-refractivity contribution in [2.75, 3.05) is 0 Å². The van der Waals surface area contributed by atoms with Crippen molar-refractivity contribution in [2.24, 2.45) is 0 Å². The minimum atomic E-state index is -0.821. The molecule has 0 amide bonds. The largest absolute Gasteiger partial charge is 0.327 e. The summed E-state index contributed by atoms with van der Waals surface area (Å²) in [5.74, 6) is 0. The molecule has 0 bridgehead atoms. The number of halogens is 2. The van der Waals surface area contributed by atoms with Crippen LogP contribution in [0.25, 0.3) is 5.52 Å². The van der Waals surface area contributed by atoms with Gasteiger partial charge in [-0.15, -0.1) is 5.10 Å². The van der Waals surface area contributed by atoms with Crippen molar-refractivity contribution in [1.82, 2.24) is 14.6 Å². The molecular formula is C6H3ClFN3. The van der Waals surface area contributed by atoms with E-state index in [1.54, 1.807) is 18.3 Å². The molecule has 0 aliphatic carbocycles. The molecule has 0 saturated carbocycles. The van der Waals surface area contributed by atoms with Crippen molar-refractivity contribution in [1.29, 1.82) is 0 Å². The first-order valence-corrected chi connectivity index (χ1v) is 3.31. The molecule has 0 unspecified atom stereocenters. The summed E-state index contributed by atoms with van der Waals surface area (Å²) in [7, 11) is 0. The van der Waals surface area contributed by atoms with Crippen molar-refractivity contribution < 1.29 is 4.39 Å². The first-order chi connectivity index (χ1) is 5.27. The topological polar surface area (TPSA) is 30.2 Å². The summed E-state index contributed by atoms with van der Waals surface area (Å²) in [5.41, 5.74) is 0.605. The van der Waals surface area contributed by atoms with Crippen molar-refractivity contribution >= 4 is 17.1 Å². The minimum absolute atomic E-state index is 0.127. The highest BCUT2D eigenvalue weighted by atomic mass is 35.5. The molecular weight excluding hydrogens is 169 g/mol. The molecule has 11 heavy (non-hydrogen) atoms. The van der Waals surface area contributed by atoms with Crippen LogP contribution in [0.1, 0.15) is 0 Å². The van der Waals surface area contributed by atoms with Gasteiger partial charge in [-0.3, -0.25) is 0 Å². The third-order valence-corrected chi connectivity index (χ3v) is 1.60. The van der Waals surface area contributed by atoms with Gasteiger partial charge in [0.15, 0.2) is 5.15 Å². The fourth-order valence-electron chi connectivity index (χ4n) is 0.872. The average molecular weight is 172 g/mol. The predicted molar refractivity (Wildman–Crippen MR) is 38.0 cm³/mol. The van der Waals surface area contributed by atoms with Crippen molar-refractivity contribution in [2.45, 2.75) is 0 Å². The molecule has 2 aromatic rings. The van der Waals surface area contributed by atoms with Gasteiger partial charge in [0.2, 0.25) is 0 Å². The molecule has 0 N–H and O–H groups in total. The summed E-state index contributed by atoms with van der Waals surface area (Å²) in [6.07, 6.45) is 0.783. The summed E-state index contributed by atoms with van der Waals surface area (Å²) < 4.78 is 13.8. The number of rotatable bonds is 0. The number of hydrogen-bond donors (Lipinski definition) is 0. The Morgan fingerprint density at radius 3 is 3.18 bits per heavy atom. The van der Waals surface area contributed by atoms with E-state index in [4.69, 9.17) is 11.6 Å². The number of hydrogen-bond acceptors (Lipinski definition) is 2. The first-order valence-electron chi connectivity index (χ1n) is 2.94. The van der Waals surface area contributed by atoms with Crippen molar-refractivity contribution in [3.05, 3.63) is 29.6 Å². The minimum Gasteiger partial charge on any atom is -0.234 e. The van der Waals surface area contributed by atoms with Crippen LogP contribution in [0.15, 0.2) is 18.3 Å². The van der Waals surface area contributed by atoms with E-state index in [2.05, 4.69) is 10.1 Å². The monoisotopic (exact) mass is 171 g/mol. The van der Waals surface area contributed by atoms with Crippen LogP contribution in [0.5, 0.6) is 0 Å². The van der Waals surface area contributed by atoms with Gasteiger partial charge in [-0.1, -0.05) is 11.6 Å². The van der Waals surface area contributed by atoms with E-state index in [1.165, 1.54) is 4.52 Å². The molecule has 2 aromatic heterocycles. The maximum atomic E-state index is 12.4. The van der Waals surface area contributed by atoms with Crippen LogP contribution < -0.4 is 0 Å². The Morgan fingerprint density at radius 1 is 1.55 bits per heavy atom. The van der Waals surface area contributed by atoms with Crippen LogP contribution in [-0.4, -0.2) is 14.6 Å². The zero-order chi connectivity index (χ0) is 7.84. The highest BCUT2D eigenvalue weighted by molar-refractivity contribution is 6.32. The Hall–Kier alpha value is -1.16. The molecule has 3 nitrogen and oxygen atoms in total.